The zero-order valence-corrected chi connectivity index (χ0v) is 32.7. The Morgan fingerprint density at radius 3 is 1.50 bits per heavy atom. The summed E-state index contributed by atoms with van der Waals surface area (Å²) < 4.78 is 26.3. The maximum Gasteiger partial charge on any atom is 0.469 e. The highest BCUT2D eigenvalue weighted by molar-refractivity contribution is 7.46. The van der Waals surface area contributed by atoms with Gasteiger partial charge in [0.05, 0.1) is 6.61 Å². The first kappa shape index (κ1) is 48.2. The molecule has 0 aromatic heterocycles. The molecular weight excluding hydrogens is 655 g/mol. The van der Waals surface area contributed by atoms with E-state index in [0.29, 0.717) is 19.3 Å². The number of phosphoric ester groups is 1. The van der Waals surface area contributed by atoms with Crippen LogP contribution >= 0.6 is 7.82 Å². The van der Waals surface area contributed by atoms with Crippen LogP contribution in [0.2, 0.25) is 0 Å². The SMILES string of the molecule is CCCCC/C=C\C=C\C(=O)CCCCCCCC(=O)O[C@H](COC(=O)CCCCCCCCCCCCCCCCCC)COP(=O)(O)O. The van der Waals surface area contributed by atoms with Crippen molar-refractivity contribution >= 4 is 25.5 Å². The fourth-order valence-electron chi connectivity index (χ4n) is 5.65. The molecule has 292 valence electrons. The lowest BCUT2D eigenvalue weighted by Gasteiger charge is -2.18. The molecule has 0 saturated carbocycles. The molecule has 0 fully saturated rings. The predicted octanol–water partition coefficient (Wildman–Crippen LogP) is 11.2. The van der Waals surface area contributed by atoms with Gasteiger partial charge in [-0.25, -0.2) is 4.57 Å². The van der Waals surface area contributed by atoms with Crippen LogP contribution in [-0.2, 0) is 32.9 Å². The molecular formula is C40H73O9P. The smallest absolute Gasteiger partial charge is 0.462 e. The summed E-state index contributed by atoms with van der Waals surface area (Å²) in [5.74, 6) is -0.859. The molecule has 50 heavy (non-hydrogen) atoms. The Hall–Kier alpha value is -1.80. The molecule has 2 N–H and O–H groups in total. The minimum Gasteiger partial charge on any atom is -0.462 e. The summed E-state index contributed by atoms with van der Waals surface area (Å²) in [4.78, 5) is 54.7. The van der Waals surface area contributed by atoms with Crippen LogP contribution in [0.5, 0.6) is 0 Å². The second-order valence-corrected chi connectivity index (χ2v) is 14.9. The van der Waals surface area contributed by atoms with E-state index in [1.54, 1.807) is 12.2 Å². The van der Waals surface area contributed by atoms with Crippen molar-refractivity contribution in [1.29, 1.82) is 0 Å². The lowest BCUT2D eigenvalue weighted by atomic mass is 10.0. The molecule has 0 bridgehead atoms. The second-order valence-electron chi connectivity index (χ2n) is 13.7. The van der Waals surface area contributed by atoms with E-state index >= 15 is 0 Å². The van der Waals surface area contributed by atoms with Gasteiger partial charge in [-0.05, 0) is 38.2 Å². The highest BCUT2D eigenvalue weighted by Gasteiger charge is 2.22. The molecule has 0 aromatic rings. The number of allylic oxidation sites excluding steroid dienone is 4. The van der Waals surface area contributed by atoms with Gasteiger partial charge in [-0.15, -0.1) is 0 Å². The number of ether oxygens (including phenoxy) is 2. The fourth-order valence-corrected chi connectivity index (χ4v) is 6.01. The van der Waals surface area contributed by atoms with Crippen LogP contribution in [0.3, 0.4) is 0 Å². The lowest BCUT2D eigenvalue weighted by Crippen LogP contribution is -2.29. The topological polar surface area (TPSA) is 136 Å². The summed E-state index contributed by atoms with van der Waals surface area (Å²) in [6, 6.07) is 0. The Labute approximate surface area is 305 Å². The van der Waals surface area contributed by atoms with E-state index < -0.39 is 32.5 Å². The predicted molar refractivity (Wildman–Crippen MR) is 203 cm³/mol. The first-order chi connectivity index (χ1) is 24.2. The standard InChI is InChI=1S/C40H73O9P/c1-3-5-7-9-11-12-13-14-15-16-17-18-19-21-25-29-33-39(42)47-35-38(36-48-50(44,45)46)49-40(43)34-30-26-22-24-28-32-37(41)31-27-23-20-10-8-6-4-2/h20,23,27,31,38H,3-19,21-22,24-26,28-30,32-36H2,1-2H3,(H2,44,45,46)/b23-20-,31-27+/t38-/m1/s1. The molecule has 0 amide bonds. The van der Waals surface area contributed by atoms with Crippen molar-refractivity contribution in [1.82, 2.24) is 0 Å². The number of rotatable bonds is 37. The van der Waals surface area contributed by atoms with Gasteiger partial charge in [0.25, 0.3) is 0 Å². The van der Waals surface area contributed by atoms with Gasteiger partial charge < -0.3 is 19.3 Å². The van der Waals surface area contributed by atoms with Gasteiger partial charge in [-0.3, -0.25) is 18.9 Å². The van der Waals surface area contributed by atoms with Crippen LogP contribution in [0.4, 0.5) is 0 Å². The van der Waals surface area contributed by atoms with Crippen molar-refractivity contribution in [2.75, 3.05) is 13.2 Å². The summed E-state index contributed by atoms with van der Waals surface area (Å²) in [6.45, 7) is 3.54. The number of hydrogen-bond acceptors (Lipinski definition) is 7. The first-order valence-corrected chi connectivity index (χ1v) is 21.6. The van der Waals surface area contributed by atoms with Crippen LogP contribution in [0.1, 0.15) is 194 Å². The molecule has 0 aliphatic heterocycles. The number of esters is 2. The van der Waals surface area contributed by atoms with Crippen molar-refractivity contribution < 1.29 is 42.7 Å². The number of phosphoric acid groups is 1. The maximum atomic E-state index is 12.4. The van der Waals surface area contributed by atoms with Crippen LogP contribution in [0, 0.1) is 0 Å². The van der Waals surface area contributed by atoms with Gasteiger partial charge in [0.15, 0.2) is 11.9 Å². The van der Waals surface area contributed by atoms with E-state index in [4.69, 9.17) is 19.3 Å². The highest BCUT2D eigenvalue weighted by atomic mass is 31.2. The molecule has 1 atom stereocenters. The molecule has 0 aliphatic carbocycles. The van der Waals surface area contributed by atoms with Crippen LogP contribution in [0.15, 0.2) is 24.3 Å². The summed E-state index contributed by atoms with van der Waals surface area (Å²) in [5, 5.41) is 0. The quantitative estimate of drug-likeness (QED) is 0.0210. The molecule has 0 aromatic carbocycles. The maximum absolute atomic E-state index is 12.4. The normalized spacial score (nSPS) is 12.6. The Morgan fingerprint density at radius 1 is 0.560 bits per heavy atom. The summed E-state index contributed by atoms with van der Waals surface area (Å²) in [6.07, 6.45) is 35.7. The van der Waals surface area contributed by atoms with E-state index in [1.165, 1.54) is 103 Å². The number of carbonyl (C=O) groups excluding carboxylic acids is 3. The molecule has 0 rings (SSSR count). The average Bonchev–Trinajstić information content (AvgIpc) is 3.08. The van der Waals surface area contributed by atoms with E-state index in [2.05, 4.69) is 24.4 Å². The summed E-state index contributed by atoms with van der Waals surface area (Å²) in [7, 11) is -4.78. The molecule has 9 nitrogen and oxygen atoms in total. The largest absolute Gasteiger partial charge is 0.469 e. The molecule has 0 spiro atoms. The third kappa shape index (κ3) is 37.5. The van der Waals surface area contributed by atoms with Gasteiger partial charge in [-0.1, -0.05) is 160 Å². The fraction of sp³-hybridized carbons (Fsp3) is 0.825. The van der Waals surface area contributed by atoms with E-state index in [1.807, 2.05) is 6.08 Å². The Kier molecular flexibility index (Phi) is 34.3. The minimum absolute atomic E-state index is 0.112. The minimum atomic E-state index is -4.78. The first-order valence-electron chi connectivity index (χ1n) is 20.1. The molecule has 0 heterocycles. The van der Waals surface area contributed by atoms with Gasteiger partial charge in [-0.2, -0.15) is 0 Å². The zero-order chi connectivity index (χ0) is 37.0. The van der Waals surface area contributed by atoms with E-state index in [9.17, 15) is 18.9 Å². The van der Waals surface area contributed by atoms with Crippen LogP contribution in [-0.4, -0.2) is 46.8 Å². The molecule has 0 radical (unpaired) electrons. The molecule has 0 aliphatic rings. The highest BCUT2D eigenvalue weighted by Crippen LogP contribution is 2.36. The number of ketones is 1. The number of hydrogen-bond donors (Lipinski definition) is 2. The summed E-state index contributed by atoms with van der Waals surface area (Å²) in [5.41, 5.74) is 0. The Morgan fingerprint density at radius 2 is 1.00 bits per heavy atom. The zero-order valence-electron chi connectivity index (χ0n) is 31.8. The Balaban J connectivity index is 4.00. The van der Waals surface area contributed by atoms with Crippen molar-refractivity contribution in [2.24, 2.45) is 0 Å². The van der Waals surface area contributed by atoms with Crippen molar-refractivity contribution in [3.8, 4) is 0 Å². The molecule has 0 saturated heterocycles. The van der Waals surface area contributed by atoms with Crippen molar-refractivity contribution in [3.05, 3.63) is 24.3 Å². The monoisotopic (exact) mass is 728 g/mol. The summed E-state index contributed by atoms with van der Waals surface area (Å²) >= 11 is 0. The van der Waals surface area contributed by atoms with Gasteiger partial charge in [0.2, 0.25) is 0 Å². The van der Waals surface area contributed by atoms with Gasteiger partial charge in [0, 0.05) is 19.3 Å². The number of unbranched alkanes of at least 4 members (excludes halogenated alkanes) is 22. The van der Waals surface area contributed by atoms with Crippen LogP contribution < -0.4 is 0 Å². The van der Waals surface area contributed by atoms with Crippen molar-refractivity contribution in [2.45, 2.75) is 200 Å². The van der Waals surface area contributed by atoms with E-state index in [-0.39, 0.29) is 25.2 Å². The Bertz CT molecular complexity index is 928. The third-order valence-electron chi connectivity index (χ3n) is 8.70. The van der Waals surface area contributed by atoms with Gasteiger partial charge >= 0.3 is 19.8 Å². The van der Waals surface area contributed by atoms with Crippen LogP contribution in [0.25, 0.3) is 0 Å². The molecule has 10 heteroatoms. The average molecular weight is 729 g/mol. The van der Waals surface area contributed by atoms with E-state index in [0.717, 1.165) is 44.9 Å². The molecule has 0 unspecified atom stereocenters. The lowest BCUT2D eigenvalue weighted by molar-refractivity contribution is -0.161. The van der Waals surface area contributed by atoms with Crippen molar-refractivity contribution in [3.63, 3.8) is 0 Å². The van der Waals surface area contributed by atoms with Gasteiger partial charge in [0.1, 0.15) is 6.61 Å². The third-order valence-corrected chi connectivity index (χ3v) is 9.18. The number of carbonyl (C=O) groups is 3. The second kappa shape index (κ2) is 35.6.